The minimum Gasteiger partial charge on any atom is -0.394 e. The van der Waals surface area contributed by atoms with Crippen molar-refractivity contribution in [2.45, 2.75) is 57.9 Å². The molecule has 1 atom stereocenters. The van der Waals surface area contributed by atoms with E-state index < -0.39 is 0 Å². The molecule has 0 aromatic heterocycles. The average Bonchev–Trinajstić information content (AvgIpc) is 2.38. The topological polar surface area (TPSA) is 41.5 Å². The van der Waals surface area contributed by atoms with Crippen LogP contribution in [0.3, 0.4) is 0 Å². The molecule has 0 radical (unpaired) electrons. The molecule has 1 aliphatic rings. The van der Waals surface area contributed by atoms with E-state index in [4.69, 9.17) is 4.74 Å². The van der Waals surface area contributed by atoms with Crippen molar-refractivity contribution in [3.8, 4) is 0 Å². The molecule has 0 aromatic rings. The van der Waals surface area contributed by atoms with Crippen molar-refractivity contribution in [1.82, 2.24) is 5.32 Å². The van der Waals surface area contributed by atoms with Crippen LogP contribution >= 0.6 is 0 Å². The minimum atomic E-state index is -0.273. The fourth-order valence-corrected chi connectivity index (χ4v) is 2.38. The lowest BCUT2D eigenvalue weighted by molar-refractivity contribution is 0.0218. The van der Waals surface area contributed by atoms with Crippen LogP contribution in [0.5, 0.6) is 0 Å². The maximum atomic E-state index is 9.41. The zero-order chi connectivity index (χ0) is 12.6. The zero-order valence-corrected chi connectivity index (χ0v) is 11.5. The lowest BCUT2D eigenvalue weighted by atomic mass is 9.90. The predicted molar refractivity (Wildman–Crippen MR) is 71.2 cm³/mol. The van der Waals surface area contributed by atoms with Gasteiger partial charge in [0.1, 0.15) is 0 Å². The second-order valence-electron chi connectivity index (χ2n) is 5.66. The molecule has 1 aliphatic carbocycles. The van der Waals surface area contributed by atoms with Crippen LogP contribution in [0, 0.1) is 5.92 Å². The van der Waals surface area contributed by atoms with Crippen LogP contribution in [0.4, 0.5) is 0 Å². The van der Waals surface area contributed by atoms with Gasteiger partial charge in [0.25, 0.3) is 0 Å². The van der Waals surface area contributed by atoms with Crippen molar-refractivity contribution in [2.75, 3.05) is 26.4 Å². The Morgan fingerprint density at radius 3 is 2.59 bits per heavy atom. The van der Waals surface area contributed by atoms with E-state index >= 15 is 0 Å². The summed E-state index contributed by atoms with van der Waals surface area (Å²) in [4.78, 5) is 0. The molecule has 3 heteroatoms. The Balaban J connectivity index is 2.17. The molecule has 0 saturated heterocycles. The monoisotopic (exact) mass is 243 g/mol. The highest BCUT2D eigenvalue weighted by molar-refractivity contribution is 4.82. The molecular weight excluding hydrogens is 214 g/mol. The van der Waals surface area contributed by atoms with Crippen LogP contribution in [-0.4, -0.2) is 37.0 Å². The van der Waals surface area contributed by atoms with Crippen LogP contribution < -0.4 is 5.32 Å². The summed E-state index contributed by atoms with van der Waals surface area (Å²) in [6.07, 6.45) is 7.83. The van der Waals surface area contributed by atoms with Gasteiger partial charge in [0.05, 0.1) is 18.8 Å². The van der Waals surface area contributed by atoms with Crippen molar-refractivity contribution >= 4 is 0 Å². The molecule has 0 spiro atoms. The molecular formula is C14H29NO2. The van der Waals surface area contributed by atoms with E-state index in [1.807, 2.05) is 6.92 Å². The maximum Gasteiger partial charge on any atom is 0.0668 e. The Labute approximate surface area is 106 Å². The highest BCUT2D eigenvalue weighted by Crippen LogP contribution is 2.23. The lowest BCUT2D eigenvalue weighted by Gasteiger charge is -2.30. The fourth-order valence-electron chi connectivity index (χ4n) is 2.38. The van der Waals surface area contributed by atoms with Crippen molar-refractivity contribution in [3.63, 3.8) is 0 Å². The van der Waals surface area contributed by atoms with Crippen LogP contribution in [0.15, 0.2) is 0 Å². The van der Waals surface area contributed by atoms with E-state index in [9.17, 15) is 5.11 Å². The molecule has 1 rings (SSSR count). The smallest absolute Gasteiger partial charge is 0.0668 e. The van der Waals surface area contributed by atoms with Crippen molar-refractivity contribution in [3.05, 3.63) is 0 Å². The summed E-state index contributed by atoms with van der Waals surface area (Å²) in [7, 11) is 0. The largest absolute Gasteiger partial charge is 0.394 e. The second-order valence-corrected chi connectivity index (χ2v) is 5.66. The Bertz CT molecular complexity index is 193. The van der Waals surface area contributed by atoms with Crippen LogP contribution in [0.2, 0.25) is 0 Å². The van der Waals surface area contributed by atoms with E-state index in [0.717, 1.165) is 25.5 Å². The Hall–Kier alpha value is -0.120. The van der Waals surface area contributed by atoms with Crippen molar-refractivity contribution < 1.29 is 9.84 Å². The third-order valence-corrected chi connectivity index (χ3v) is 3.65. The summed E-state index contributed by atoms with van der Waals surface area (Å²) in [6.45, 7) is 6.71. The van der Waals surface area contributed by atoms with E-state index in [0.29, 0.717) is 6.61 Å². The van der Waals surface area contributed by atoms with Gasteiger partial charge < -0.3 is 15.2 Å². The van der Waals surface area contributed by atoms with Gasteiger partial charge in [-0.15, -0.1) is 0 Å². The Morgan fingerprint density at radius 1 is 1.29 bits per heavy atom. The SMILES string of the molecule is CCCNC(C)(CO)COCC1CCCCC1. The first-order valence-corrected chi connectivity index (χ1v) is 7.14. The molecule has 17 heavy (non-hydrogen) atoms. The first-order chi connectivity index (χ1) is 8.20. The van der Waals surface area contributed by atoms with E-state index in [1.54, 1.807) is 0 Å². The second kappa shape index (κ2) is 8.06. The average molecular weight is 243 g/mol. The molecule has 0 aromatic carbocycles. The number of hydrogen-bond donors (Lipinski definition) is 2. The summed E-state index contributed by atoms with van der Waals surface area (Å²) in [5, 5.41) is 12.8. The number of rotatable bonds is 8. The van der Waals surface area contributed by atoms with Crippen LogP contribution in [0.25, 0.3) is 0 Å². The van der Waals surface area contributed by atoms with Gasteiger partial charge >= 0.3 is 0 Å². The first-order valence-electron chi connectivity index (χ1n) is 7.14. The maximum absolute atomic E-state index is 9.41. The Morgan fingerprint density at radius 2 is 2.00 bits per heavy atom. The van der Waals surface area contributed by atoms with Gasteiger partial charge in [-0.2, -0.15) is 0 Å². The number of aliphatic hydroxyl groups is 1. The lowest BCUT2D eigenvalue weighted by Crippen LogP contribution is -2.50. The van der Waals surface area contributed by atoms with E-state index in [2.05, 4.69) is 12.2 Å². The molecule has 0 amide bonds. The summed E-state index contributed by atoms with van der Waals surface area (Å²) in [5.74, 6) is 0.748. The van der Waals surface area contributed by atoms with Gasteiger partial charge in [0, 0.05) is 6.61 Å². The highest BCUT2D eigenvalue weighted by Gasteiger charge is 2.23. The summed E-state index contributed by atoms with van der Waals surface area (Å²) in [6, 6.07) is 0. The summed E-state index contributed by atoms with van der Waals surface area (Å²) in [5.41, 5.74) is -0.273. The van der Waals surface area contributed by atoms with Crippen molar-refractivity contribution in [1.29, 1.82) is 0 Å². The third-order valence-electron chi connectivity index (χ3n) is 3.65. The molecule has 0 aliphatic heterocycles. The summed E-state index contributed by atoms with van der Waals surface area (Å²) >= 11 is 0. The summed E-state index contributed by atoms with van der Waals surface area (Å²) < 4.78 is 5.80. The van der Waals surface area contributed by atoms with Gasteiger partial charge in [-0.3, -0.25) is 0 Å². The molecule has 3 nitrogen and oxygen atoms in total. The van der Waals surface area contributed by atoms with E-state index in [-0.39, 0.29) is 12.1 Å². The van der Waals surface area contributed by atoms with Crippen LogP contribution in [0.1, 0.15) is 52.4 Å². The molecule has 0 heterocycles. The van der Waals surface area contributed by atoms with Crippen LogP contribution in [-0.2, 0) is 4.74 Å². The molecule has 0 bridgehead atoms. The highest BCUT2D eigenvalue weighted by atomic mass is 16.5. The standard InChI is InChI=1S/C14H29NO2/c1-3-9-15-14(2,11-16)12-17-10-13-7-5-4-6-8-13/h13,15-16H,3-12H2,1-2H3. The normalized spacial score (nSPS) is 21.4. The quantitative estimate of drug-likeness (QED) is 0.687. The zero-order valence-electron chi connectivity index (χ0n) is 11.5. The van der Waals surface area contributed by atoms with E-state index in [1.165, 1.54) is 32.1 Å². The predicted octanol–water partition coefficient (Wildman–Crippen LogP) is 2.33. The van der Waals surface area contributed by atoms with Gasteiger partial charge in [0.15, 0.2) is 0 Å². The molecule has 1 unspecified atom stereocenters. The number of ether oxygens (including phenoxy) is 1. The molecule has 1 fully saturated rings. The van der Waals surface area contributed by atoms with Gasteiger partial charge in [0.2, 0.25) is 0 Å². The van der Waals surface area contributed by atoms with Crippen molar-refractivity contribution in [2.24, 2.45) is 5.92 Å². The molecule has 102 valence electrons. The molecule has 1 saturated carbocycles. The molecule has 2 N–H and O–H groups in total. The van der Waals surface area contributed by atoms with Gasteiger partial charge in [-0.25, -0.2) is 0 Å². The Kier molecular flexibility index (Phi) is 7.09. The number of nitrogens with one attached hydrogen (secondary N) is 1. The van der Waals surface area contributed by atoms with Gasteiger partial charge in [-0.05, 0) is 38.6 Å². The fraction of sp³-hybridized carbons (Fsp3) is 1.00. The number of aliphatic hydroxyl groups excluding tert-OH is 1. The van der Waals surface area contributed by atoms with Gasteiger partial charge in [-0.1, -0.05) is 26.2 Å². The first kappa shape index (κ1) is 14.9. The number of hydrogen-bond acceptors (Lipinski definition) is 3. The third kappa shape index (κ3) is 5.84. The minimum absolute atomic E-state index is 0.137.